The number of carbonyl (C=O) groups is 1. The molecule has 0 fully saturated rings. The van der Waals surface area contributed by atoms with E-state index in [1.807, 2.05) is 0 Å². The van der Waals surface area contributed by atoms with E-state index in [0.29, 0.717) is 0 Å². The van der Waals surface area contributed by atoms with Crippen LogP contribution in [0.3, 0.4) is 0 Å². The number of carbonyl (C=O) groups excluding carboxylic acids is 1. The van der Waals surface area contributed by atoms with Crippen molar-refractivity contribution < 1.29 is 19.6 Å². The predicted molar refractivity (Wildman–Crippen MR) is 80.5 cm³/mol. The van der Waals surface area contributed by atoms with Crippen molar-refractivity contribution in [3.05, 3.63) is 68.2 Å². The number of phenols is 1. The molecule has 0 radical (unpaired) electrons. The molecule has 7 heteroatoms. The smallest absolute Gasteiger partial charge is 0.397 e. The molecule has 2 aromatic rings. The maximum Gasteiger partial charge on any atom is 0.397 e. The van der Waals surface area contributed by atoms with Crippen molar-refractivity contribution in [3.8, 4) is 11.5 Å². The molecule has 1 heterocycles. The second-order valence-corrected chi connectivity index (χ2v) is 5.68. The predicted octanol–water partition coefficient (Wildman–Crippen LogP) is 3.25. The number of ether oxygens (including phenoxy) is 1. The van der Waals surface area contributed by atoms with Gasteiger partial charge in [-0.2, -0.15) is 0 Å². The van der Waals surface area contributed by atoms with E-state index < -0.39 is 22.9 Å². The van der Waals surface area contributed by atoms with E-state index in [4.69, 9.17) is 4.74 Å². The van der Waals surface area contributed by atoms with Crippen LogP contribution in [0.15, 0.2) is 46.9 Å². The summed E-state index contributed by atoms with van der Waals surface area (Å²) in [5.74, 6) is -0.585. The van der Waals surface area contributed by atoms with Gasteiger partial charge in [0.1, 0.15) is 16.6 Å². The Bertz CT molecular complexity index is 777. The second-order valence-electron chi connectivity index (χ2n) is 4.88. The molecule has 1 aliphatic rings. The van der Waals surface area contributed by atoms with E-state index in [0.717, 1.165) is 0 Å². The third-order valence-electron chi connectivity index (χ3n) is 3.57. The summed E-state index contributed by atoms with van der Waals surface area (Å²) in [5.41, 5.74) is -1.52. The zero-order valence-electron chi connectivity index (χ0n) is 11.2. The van der Waals surface area contributed by atoms with Crippen LogP contribution in [-0.2, 0) is 5.72 Å². The zero-order chi connectivity index (χ0) is 15.9. The van der Waals surface area contributed by atoms with Crippen LogP contribution in [-0.4, -0.2) is 15.8 Å². The van der Waals surface area contributed by atoms with Crippen LogP contribution in [0.1, 0.15) is 22.3 Å². The van der Waals surface area contributed by atoms with Gasteiger partial charge in [-0.1, -0.05) is 18.2 Å². The monoisotopic (exact) mass is 363 g/mol. The number of nitro groups is 1. The van der Waals surface area contributed by atoms with Gasteiger partial charge in [0.25, 0.3) is 0 Å². The summed E-state index contributed by atoms with van der Waals surface area (Å²) < 4.78 is 5.75. The maximum atomic E-state index is 12.4. The summed E-state index contributed by atoms with van der Waals surface area (Å²) in [6, 6.07) is 10.8. The number of hydrogen-bond acceptors (Lipinski definition) is 5. The first-order chi connectivity index (χ1) is 10.5. The highest BCUT2D eigenvalue weighted by molar-refractivity contribution is 9.10. The lowest BCUT2D eigenvalue weighted by Crippen LogP contribution is -2.46. The van der Waals surface area contributed by atoms with Gasteiger partial charge < -0.3 is 9.84 Å². The fourth-order valence-electron chi connectivity index (χ4n) is 2.45. The number of halogens is 1. The van der Waals surface area contributed by atoms with E-state index in [1.54, 1.807) is 18.2 Å². The Morgan fingerprint density at radius 3 is 2.55 bits per heavy atom. The summed E-state index contributed by atoms with van der Waals surface area (Å²) in [5, 5.41) is 21.4. The highest BCUT2D eigenvalue weighted by Crippen LogP contribution is 2.46. The number of phenolic OH excluding ortho intramolecular Hbond substituents is 1. The van der Waals surface area contributed by atoms with Crippen molar-refractivity contribution in [1.29, 1.82) is 0 Å². The molecule has 0 amide bonds. The van der Waals surface area contributed by atoms with Gasteiger partial charge in [0.2, 0.25) is 0 Å². The van der Waals surface area contributed by atoms with Crippen LogP contribution in [0.25, 0.3) is 0 Å². The minimum Gasteiger partial charge on any atom is -0.507 e. The first-order valence-electron chi connectivity index (χ1n) is 6.39. The normalized spacial score (nSPS) is 20.1. The average molecular weight is 364 g/mol. The van der Waals surface area contributed by atoms with Gasteiger partial charge >= 0.3 is 5.72 Å². The van der Waals surface area contributed by atoms with Crippen LogP contribution in [0.4, 0.5) is 0 Å². The molecule has 0 aromatic heterocycles. The van der Waals surface area contributed by atoms with Crippen LogP contribution < -0.4 is 4.74 Å². The largest absolute Gasteiger partial charge is 0.507 e. The Balaban J connectivity index is 2.22. The van der Waals surface area contributed by atoms with Gasteiger partial charge in [-0.05, 0) is 40.2 Å². The average Bonchev–Trinajstić information content (AvgIpc) is 2.51. The molecule has 2 aromatic carbocycles. The maximum absolute atomic E-state index is 12.4. The second kappa shape index (κ2) is 5.10. The van der Waals surface area contributed by atoms with Crippen LogP contribution in [0.5, 0.6) is 11.5 Å². The number of nitrogens with zero attached hydrogens (tertiary/aromatic N) is 1. The minimum absolute atomic E-state index is 0.0168. The molecule has 3 rings (SSSR count). The third kappa shape index (κ3) is 2.05. The molecule has 0 bridgehead atoms. The molecule has 0 saturated carbocycles. The number of benzene rings is 2. The van der Waals surface area contributed by atoms with Gasteiger partial charge in [0.15, 0.2) is 11.5 Å². The van der Waals surface area contributed by atoms with Crippen LogP contribution >= 0.6 is 15.9 Å². The first kappa shape index (κ1) is 14.5. The topological polar surface area (TPSA) is 89.7 Å². The highest BCUT2D eigenvalue weighted by Gasteiger charge is 2.54. The standard InChI is InChI=1S/C15H10BrNO5/c16-13-11(18)7-6-10-12(19)8-15(17(20)21,22-14(10)13)9-4-2-1-3-5-9/h1-7,18H,8H2. The number of ketones is 1. The number of aromatic hydroxyl groups is 1. The van der Waals surface area contributed by atoms with Crippen molar-refractivity contribution in [2.75, 3.05) is 0 Å². The molecule has 0 spiro atoms. The molecule has 0 aliphatic carbocycles. The van der Waals surface area contributed by atoms with Crippen molar-refractivity contribution in [3.63, 3.8) is 0 Å². The Kier molecular flexibility index (Phi) is 3.37. The SMILES string of the molecule is O=C1CC(c2ccccc2)([N+](=O)[O-])Oc2c1ccc(O)c2Br. The fraction of sp³-hybridized carbons (Fsp3) is 0.133. The number of Topliss-reactive ketones (excluding diaryl/α,β-unsaturated/α-hetero) is 1. The van der Waals surface area contributed by atoms with E-state index in [1.165, 1.54) is 24.3 Å². The van der Waals surface area contributed by atoms with Crippen molar-refractivity contribution in [2.45, 2.75) is 12.1 Å². The first-order valence-corrected chi connectivity index (χ1v) is 7.19. The van der Waals surface area contributed by atoms with Crippen molar-refractivity contribution >= 4 is 21.7 Å². The Morgan fingerprint density at radius 2 is 1.91 bits per heavy atom. The quantitative estimate of drug-likeness (QED) is 0.653. The van der Waals surface area contributed by atoms with Gasteiger partial charge in [0.05, 0.1) is 16.1 Å². The van der Waals surface area contributed by atoms with Gasteiger partial charge in [-0.25, -0.2) is 0 Å². The van der Waals surface area contributed by atoms with Gasteiger partial charge in [-0.3, -0.25) is 14.9 Å². The molecular formula is C15H10BrNO5. The minimum atomic E-state index is -2.00. The Hall–Kier alpha value is -2.41. The summed E-state index contributed by atoms with van der Waals surface area (Å²) in [6.45, 7) is 0. The number of fused-ring (bicyclic) bond motifs is 1. The molecule has 1 atom stereocenters. The van der Waals surface area contributed by atoms with Crippen LogP contribution in [0, 0.1) is 10.1 Å². The van der Waals surface area contributed by atoms with E-state index in [9.17, 15) is 20.0 Å². The van der Waals surface area contributed by atoms with E-state index >= 15 is 0 Å². The molecule has 6 nitrogen and oxygen atoms in total. The Labute approximate surface area is 133 Å². The molecule has 1 N–H and O–H groups in total. The third-order valence-corrected chi connectivity index (χ3v) is 4.33. The van der Waals surface area contributed by atoms with Gasteiger partial charge in [-0.15, -0.1) is 0 Å². The van der Waals surface area contributed by atoms with Crippen molar-refractivity contribution in [2.24, 2.45) is 0 Å². The van der Waals surface area contributed by atoms with Crippen molar-refractivity contribution in [1.82, 2.24) is 0 Å². The number of rotatable bonds is 2. The van der Waals surface area contributed by atoms with Crippen LogP contribution in [0.2, 0.25) is 0 Å². The zero-order valence-corrected chi connectivity index (χ0v) is 12.7. The fourth-order valence-corrected chi connectivity index (χ4v) is 2.88. The molecular weight excluding hydrogens is 354 g/mol. The van der Waals surface area contributed by atoms with E-state index in [2.05, 4.69) is 15.9 Å². The summed E-state index contributed by atoms with van der Waals surface area (Å²) >= 11 is 3.12. The van der Waals surface area contributed by atoms with E-state index in [-0.39, 0.29) is 27.1 Å². The van der Waals surface area contributed by atoms with Gasteiger partial charge in [0, 0.05) is 0 Å². The lowest BCUT2D eigenvalue weighted by molar-refractivity contribution is -0.626. The molecule has 1 aliphatic heterocycles. The summed E-state index contributed by atoms with van der Waals surface area (Å²) in [4.78, 5) is 23.4. The summed E-state index contributed by atoms with van der Waals surface area (Å²) in [6.07, 6.45) is -0.409. The lowest BCUT2D eigenvalue weighted by atomic mass is 9.91. The lowest BCUT2D eigenvalue weighted by Gasteiger charge is -2.31. The summed E-state index contributed by atoms with van der Waals surface area (Å²) in [7, 11) is 0. The Morgan fingerprint density at radius 1 is 1.23 bits per heavy atom. The highest BCUT2D eigenvalue weighted by atomic mass is 79.9. The number of hydrogen-bond donors (Lipinski definition) is 1. The molecule has 0 saturated heterocycles. The molecule has 112 valence electrons. The molecule has 22 heavy (non-hydrogen) atoms. The molecule has 1 unspecified atom stereocenters.